The molecule has 3 nitrogen and oxygen atoms in total. The lowest BCUT2D eigenvalue weighted by atomic mass is 9.96. The Morgan fingerprint density at radius 2 is 1.48 bits per heavy atom. The number of hydrogen-bond donors (Lipinski definition) is 1. The zero-order valence-corrected chi connectivity index (χ0v) is 12.7. The Balaban J connectivity index is 2.76. The normalized spacial score (nSPS) is 13.1. The lowest BCUT2D eigenvalue weighted by Crippen LogP contribution is -2.50. The van der Waals surface area contributed by atoms with Crippen molar-refractivity contribution in [2.24, 2.45) is 0 Å². The number of hydrogen-bond acceptors (Lipinski definition) is 3. The Hall–Kier alpha value is -2.39. The second-order valence-electron chi connectivity index (χ2n) is 5.12. The van der Waals surface area contributed by atoms with Crippen LogP contribution >= 0.6 is 0 Å². The largest absolute Gasteiger partial charge is 0.460 e. The summed E-state index contributed by atoms with van der Waals surface area (Å²) in [5.74, 6) is -12.8. The van der Waals surface area contributed by atoms with E-state index in [-0.39, 0.29) is 17.7 Å². The molecule has 0 aliphatic carbocycles. The van der Waals surface area contributed by atoms with Crippen LogP contribution in [0.1, 0.15) is 18.2 Å². The van der Waals surface area contributed by atoms with Crippen molar-refractivity contribution in [3.05, 3.63) is 41.6 Å². The van der Waals surface area contributed by atoms with E-state index in [4.69, 9.17) is 5.73 Å². The highest BCUT2D eigenvalue weighted by Crippen LogP contribution is 2.52. The third kappa shape index (κ3) is 3.12. The van der Waals surface area contributed by atoms with Crippen LogP contribution in [0.2, 0.25) is 0 Å². The van der Waals surface area contributed by atoms with E-state index in [9.17, 15) is 30.7 Å². The Morgan fingerprint density at radius 1 is 0.920 bits per heavy atom. The van der Waals surface area contributed by atoms with Gasteiger partial charge in [0.05, 0.1) is 5.69 Å². The molecule has 1 aromatic heterocycles. The molecule has 1 heterocycles. The third-order valence-electron chi connectivity index (χ3n) is 3.47. The summed E-state index contributed by atoms with van der Waals surface area (Å²) in [6, 6.07) is 7.52. The van der Waals surface area contributed by atoms with Crippen LogP contribution in [-0.4, -0.2) is 22.1 Å². The van der Waals surface area contributed by atoms with Gasteiger partial charge in [-0.1, -0.05) is 37.3 Å². The van der Waals surface area contributed by atoms with Crippen molar-refractivity contribution >= 4 is 5.95 Å². The third-order valence-corrected chi connectivity index (χ3v) is 3.47. The highest BCUT2D eigenvalue weighted by molar-refractivity contribution is 5.65. The first-order valence-corrected chi connectivity index (χ1v) is 6.98. The summed E-state index contributed by atoms with van der Waals surface area (Å²) >= 11 is 0. The molecule has 0 radical (unpaired) electrons. The van der Waals surface area contributed by atoms with E-state index in [1.807, 2.05) is 0 Å². The fourth-order valence-electron chi connectivity index (χ4n) is 2.26. The first-order valence-electron chi connectivity index (χ1n) is 6.98. The van der Waals surface area contributed by atoms with E-state index in [1.54, 1.807) is 6.07 Å². The van der Waals surface area contributed by atoms with Crippen molar-refractivity contribution in [1.82, 2.24) is 9.97 Å². The van der Waals surface area contributed by atoms with Crippen LogP contribution in [0.5, 0.6) is 0 Å². The highest BCUT2D eigenvalue weighted by atomic mass is 19.4. The summed E-state index contributed by atoms with van der Waals surface area (Å²) < 4.78 is 92.5. The van der Waals surface area contributed by atoms with Crippen LogP contribution in [0, 0.1) is 0 Å². The maximum Gasteiger partial charge on any atom is 0.460 e. The smallest absolute Gasteiger partial charge is 0.368 e. The second-order valence-corrected chi connectivity index (χ2v) is 5.12. The maximum absolute atomic E-state index is 14.1. The van der Waals surface area contributed by atoms with Gasteiger partial charge >= 0.3 is 18.0 Å². The van der Waals surface area contributed by atoms with E-state index in [1.165, 1.54) is 31.2 Å². The first-order chi connectivity index (χ1) is 11.4. The van der Waals surface area contributed by atoms with Crippen LogP contribution < -0.4 is 5.73 Å². The lowest BCUT2D eigenvalue weighted by Gasteiger charge is -2.29. The first kappa shape index (κ1) is 18.9. The Bertz CT molecular complexity index is 758. The molecule has 2 aromatic rings. The maximum atomic E-state index is 14.1. The zero-order valence-electron chi connectivity index (χ0n) is 12.7. The number of nitrogens with zero attached hydrogens (tertiary/aromatic N) is 2. The van der Waals surface area contributed by atoms with Gasteiger partial charge in [-0.25, -0.2) is 9.97 Å². The van der Waals surface area contributed by atoms with Crippen molar-refractivity contribution in [2.75, 3.05) is 5.73 Å². The summed E-state index contributed by atoms with van der Waals surface area (Å²) in [5, 5.41) is 0. The fraction of sp³-hybridized carbons (Fsp3) is 0.333. The number of halogens is 7. The molecule has 2 N–H and O–H groups in total. The molecule has 0 aliphatic rings. The SMILES string of the molecule is CCc1c(-c2ccccc2)nc(N)nc1C(F)(F)C(F)(F)C(F)(F)F. The van der Waals surface area contributed by atoms with Gasteiger partial charge < -0.3 is 5.73 Å². The van der Waals surface area contributed by atoms with E-state index in [0.29, 0.717) is 0 Å². The molecule has 0 aliphatic heterocycles. The standard InChI is InChI=1S/C15H12F7N3/c1-2-9-10(8-6-4-3-5-7-8)24-12(23)25-11(9)13(16,17)14(18,19)15(20,21)22/h3-7H,2H2,1H3,(H2,23,24,25). The number of anilines is 1. The molecule has 136 valence electrons. The molecule has 1 aromatic carbocycles. The summed E-state index contributed by atoms with van der Waals surface area (Å²) in [6.07, 6.45) is -6.77. The average molecular weight is 367 g/mol. The summed E-state index contributed by atoms with van der Waals surface area (Å²) in [7, 11) is 0. The monoisotopic (exact) mass is 367 g/mol. The van der Waals surface area contributed by atoms with Gasteiger partial charge in [0, 0.05) is 11.1 Å². The number of aromatic nitrogens is 2. The minimum absolute atomic E-state index is 0.219. The fourth-order valence-corrected chi connectivity index (χ4v) is 2.26. The summed E-state index contributed by atoms with van der Waals surface area (Å²) in [4.78, 5) is 6.76. The minimum Gasteiger partial charge on any atom is -0.368 e. The Morgan fingerprint density at radius 3 is 1.96 bits per heavy atom. The number of alkyl halides is 7. The Kier molecular flexibility index (Phi) is 4.67. The number of nitrogens with two attached hydrogens (primary N) is 1. The van der Waals surface area contributed by atoms with Crippen LogP contribution in [0.4, 0.5) is 36.7 Å². The van der Waals surface area contributed by atoms with Crippen LogP contribution in [0.3, 0.4) is 0 Å². The van der Waals surface area contributed by atoms with Gasteiger partial charge in [0.25, 0.3) is 0 Å². The van der Waals surface area contributed by atoms with Crippen molar-refractivity contribution in [3.8, 4) is 11.3 Å². The average Bonchev–Trinajstić information content (AvgIpc) is 2.53. The quantitative estimate of drug-likeness (QED) is 0.805. The molecular weight excluding hydrogens is 355 g/mol. The molecule has 25 heavy (non-hydrogen) atoms. The molecule has 0 atom stereocenters. The van der Waals surface area contributed by atoms with Crippen molar-refractivity contribution in [1.29, 1.82) is 0 Å². The van der Waals surface area contributed by atoms with Crippen molar-refractivity contribution < 1.29 is 30.7 Å². The molecule has 0 bridgehead atoms. The van der Waals surface area contributed by atoms with E-state index in [0.717, 1.165) is 0 Å². The predicted molar refractivity (Wildman–Crippen MR) is 76.2 cm³/mol. The molecule has 0 unspecified atom stereocenters. The number of rotatable bonds is 4. The highest BCUT2D eigenvalue weighted by Gasteiger charge is 2.74. The van der Waals surface area contributed by atoms with Gasteiger partial charge in [-0.2, -0.15) is 30.7 Å². The number of nitrogen functional groups attached to an aromatic ring is 1. The molecule has 0 saturated heterocycles. The lowest BCUT2D eigenvalue weighted by molar-refractivity contribution is -0.360. The minimum atomic E-state index is -6.46. The molecule has 0 spiro atoms. The van der Waals surface area contributed by atoms with E-state index in [2.05, 4.69) is 9.97 Å². The number of benzene rings is 1. The van der Waals surface area contributed by atoms with Crippen molar-refractivity contribution in [3.63, 3.8) is 0 Å². The van der Waals surface area contributed by atoms with Gasteiger partial charge in [-0.3, -0.25) is 0 Å². The topological polar surface area (TPSA) is 51.8 Å². The zero-order chi connectivity index (χ0) is 19.0. The van der Waals surface area contributed by atoms with Gasteiger partial charge in [0.1, 0.15) is 5.69 Å². The van der Waals surface area contributed by atoms with Gasteiger partial charge in [-0.15, -0.1) is 0 Å². The molecule has 0 saturated carbocycles. The van der Waals surface area contributed by atoms with Crippen LogP contribution in [-0.2, 0) is 12.3 Å². The molecular formula is C15H12F7N3. The summed E-state index contributed by atoms with van der Waals surface area (Å²) in [6.45, 7) is 1.31. The molecule has 0 fully saturated rings. The van der Waals surface area contributed by atoms with Gasteiger partial charge in [0.2, 0.25) is 5.95 Å². The van der Waals surface area contributed by atoms with Crippen LogP contribution in [0.25, 0.3) is 11.3 Å². The van der Waals surface area contributed by atoms with E-state index < -0.39 is 35.2 Å². The van der Waals surface area contributed by atoms with Gasteiger partial charge in [0.15, 0.2) is 0 Å². The van der Waals surface area contributed by atoms with E-state index >= 15 is 0 Å². The molecule has 0 amide bonds. The van der Waals surface area contributed by atoms with Gasteiger partial charge in [-0.05, 0) is 6.42 Å². The predicted octanol–water partition coefficient (Wildman–Crippen LogP) is 4.58. The van der Waals surface area contributed by atoms with Crippen LogP contribution in [0.15, 0.2) is 30.3 Å². The second kappa shape index (κ2) is 6.16. The molecule has 2 rings (SSSR count). The Labute approximate surface area is 137 Å². The molecule has 10 heteroatoms. The summed E-state index contributed by atoms with van der Waals surface area (Å²) in [5.41, 5.74) is 3.04. The van der Waals surface area contributed by atoms with Crippen molar-refractivity contribution in [2.45, 2.75) is 31.4 Å².